The smallest absolute Gasteiger partial charge is 0.0601 e. The molecule has 2 saturated carbocycles. The van der Waals surface area contributed by atoms with Crippen molar-refractivity contribution in [3.63, 3.8) is 0 Å². The zero-order valence-corrected chi connectivity index (χ0v) is 8.21. The molecule has 2 aliphatic carbocycles. The third-order valence-electron chi connectivity index (χ3n) is 3.86. The average Bonchev–Trinajstić information content (AvgIpc) is 2.75. The van der Waals surface area contributed by atoms with Crippen molar-refractivity contribution >= 4 is 0 Å². The number of hydrogen-bond acceptors (Lipinski definition) is 1. The molecule has 0 aromatic rings. The predicted octanol–water partition coefficient (Wildman–Crippen LogP) is 2.58. The quantitative estimate of drug-likeness (QED) is 0.672. The van der Waals surface area contributed by atoms with Crippen molar-refractivity contribution < 1.29 is 5.11 Å². The molecular weight excluding hydrogens is 148 g/mol. The van der Waals surface area contributed by atoms with Crippen LogP contribution in [0.25, 0.3) is 0 Å². The second-order valence-corrected chi connectivity index (χ2v) is 5.32. The van der Waals surface area contributed by atoms with E-state index < -0.39 is 0 Å². The third kappa shape index (κ3) is 1.39. The zero-order valence-electron chi connectivity index (χ0n) is 8.21. The molecule has 0 amide bonds. The van der Waals surface area contributed by atoms with Gasteiger partial charge in [-0.05, 0) is 42.9 Å². The van der Waals surface area contributed by atoms with Crippen LogP contribution in [0.3, 0.4) is 0 Å². The van der Waals surface area contributed by atoms with E-state index in [1.54, 1.807) is 0 Å². The molecule has 2 fully saturated rings. The van der Waals surface area contributed by atoms with Crippen LogP contribution >= 0.6 is 0 Å². The second-order valence-electron chi connectivity index (χ2n) is 5.32. The Morgan fingerprint density at radius 2 is 1.92 bits per heavy atom. The molecule has 2 aliphatic rings. The van der Waals surface area contributed by atoms with Gasteiger partial charge in [-0.3, -0.25) is 0 Å². The highest BCUT2D eigenvalue weighted by atomic mass is 16.3. The lowest BCUT2D eigenvalue weighted by molar-refractivity contribution is 0.0374. The molecule has 0 spiro atoms. The second kappa shape index (κ2) is 2.73. The van der Waals surface area contributed by atoms with E-state index in [0.717, 1.165) is 0 Å². The van der Waals surface area contributed by atoms with Crippen LogP contribution in [-0.4, -0.2) is 11.2 Å². The highest BCUT2D eigenvalue weighted by Crippen LogP contribution is 2.49. The normalized spacial score (nSPS) is 36.8. The Balaban J connectivity index is 2.01. The van der Waals surface area contributed by atoms with Crippen molar-refractivity contribution in [1.82, 2.24) is 0 Å². The average molecular weight is 168 g/mol. The Bertz CT molecular complexity index is 170. The Labute approximate surface area is 75.2 Å². The molecule has 0 aliphatic heterocycles. The molecule has 2 unspecified atom stereocenters. The Kier molecular flexibility index (Phi) is 1.95. The Morgan fingerprint density at radius 1 is 1.25 bits per heavy atom. The third-order valence-corrected chi connectivity index (χ3v) is 3.86. The van der Waals surface area contributed by atoms with Crippen LogP contribution in [-0.2, 0) is 0 Å². The van der Waals surface area contributed by atoms with Crippen molar-refractivity contribution in [2.75, 3.05) is 0 Å². The molecule has 1 nitrogen and oxygen atoms in total. The van der Waals surface area contributed by atoms with E-state index in [1.807, 2.05) is 0 Å². The molecule has 0 aromatic carbocycles. The summed E-state index contributed by atoms with van der Waals surface area (Å²) in [5.41, 5.74) is 0.405. The number of aliphatic hydroxyl groups is 1. The molecule has 2 atom stereocenters. The van der Waals surface area contributed by atoms with Gasteiger partial charge >= 0.3 is 0 Å². The van der Waals surface area contributed by atoms with E-state index in [-0.39, 0.29) is 6.10 Å². The summed E-state index contributed by atoms with van der Waals surface area (Å²) in [5.74, 6) is 1.25. The van der Waals surface area contributed by atoms with E-state index in [9.17, 15) is 5.11 Å². The molecule has 1 N–H and O–H groups in total. The summed E-state index contributed by atoms with van der Waals surface area (Å²) in [7, 11) is 0. The number of hydrogen-bond donors (Lipinski definition) is 1. The fourth-order valence-corrected chi connectivity index (χ4v) is 2.75. The molecule has 0 bridgehead atoms. The Morgan fingerprint density at radius 3 is 2.33 bits per heavy atom. The molecule has 0 heterocycles. The fourth-order valence-electron chi connectivity index (χ4n) is 2.75. The SMILES string of the molecule is CC1(C)CCCC1C(O)C1CC1. The fraction of sp³-hybridized carbons (Fsp3) is 1.00. The van der Waals surface area contributed by atoms with Crippen LogP contribution in [0.15, 0.2) is 0 Å². The van der Waals surface area contributed by atoms with E-state index in [0.29, 0.717) is 17.3 Å². The molecule has 1 heteroatoms. The largest absolute Gasteiger partial charge is 0.393 e. The standard InChI is InChI=1S/C11H20O/c1-11(2)7-3-4-9(11)10(12)8-5-6-8/h8-10,12H,3-7H2,1-2H3. The maximum absolute atomic E-state index is 10.0. The zero-order chi connectivity index (χ0) is 8.77. The van der Waals surface area contributed by atoms with Crippen molar-refractivity contribution in [2.24, 2.45) is 17.3 Å². The summed E-state index contributed by atoms with van der Waals surface area (Å²) >= 11 is 0. The summed E-state index contributed by atoms with van der Waals surface area (Å²) in [6.45, 7) is 4.63. The van der Waals surface area contributed by atoms with Crippen molar-refractivity contribution in [3.05, 3.63) is 0 Å². The summed E-state index contributed by atoms with van der Waals surface area (Å²) in [4.78, 5) is 0. The molecule has 0 saturated heterocycles. The minimum atomic E-state index is 0.0162. The van der Waals surface area contributed by atoms with Gasteiger partial charge in [0.05, 0.1) is 6.10 Å². The van der Waals surface area contributed by atoms with Gasteiger partial charge in [-0.2, -0.15) is 0 Å². The predicted molar refractivity (Wildman–Crippen MR) is 49.9 cm³/mol. The van der Waals surface area contributed by atoms with Crippen molar-refractivity contribution in [2.45, 2.75) is 52.1 Å². The first-order chi connectivity index (χ1) is 5.61. The monoisotopic (exact) mass is 168 g/mol. The first-order valence-electron chi connectivity index (χ1n) is 5.29. The first-order valence-corrected chi connectivity index (χ1v) is 5.29. The van der Waals surface area contributed by atoms with Gasteiger partial charge in [0.1, 0.15) is 0 Å². The maximum Gasteiger partial charge on any atom is 0.0601 e. The topological polar surface area (TPSA) is 20.2 Å². The van der Waals surface area contributed by atoms with Crippen molar-refractivity contribution in [1.29, 1.82) is 0 Å². The van der Waals surface area contributed by atoms with E-state index in [1.165, 1.54) is 32.1 Å². The van der Waals surface area contributed by atoms with Crippen LogP contribution < -0.4 is 0 Å². The molecule has 12 heavy (non-hydrogen) atoms. The molecule has 0 aromatic heterocycles. The first kappa shape index (κ1) is 8.55. The van der Waals surface area contributed by atoms with Gasteiger partial charge < -0.3 is 5.11 Å². The minimum Gasteiger partial charge on any atom is -0.393 e. The van der Waals surface area contributed by atoms with Crippen LogP contribution in [0, 0.1) is 17.3 Å². The number of rotatable bonds is 2. The van der Waals surface area contributed by atoms with Crippen molar-refractivity contribution in [3.8, 4) is 0 Å². The summed E-state index contributed by atoms with van der Waals surface area (Å²) < 4.78 is 0. The summed E-state index contributed by atoms with van der Waals surface area (Å²) in [6.07, 6.45) is 6.44. The minimum absolute atomic E-state index is 0.0162. The van der Waals surface area contributed by atoms with Gasteiger partial charge in [-0.25, -0.2) is 0 Å². The van der Waals surface area contributed by atoms with Crippen LogP contribution in [0.2, 0.25) is 0 Å². The molecular formula is C11H20O. The van der Waals surface area contributed by atoms with Gasteiger partial charge in [-0.1, -0.05) is 20.3 Å². The lowest BCUT2D eigenvalue weighted by Gasteiger charge is -2.31. The lowest BCUT2D eigenvalue weighted by atomic mass is 9.77. The van der Waals surface area contributed by atoms with Gasteiger partial charge in [-0.15, -0.1) is 0 Å². The van der Waals surface area contributed by atoms with E-state index in [2.05, 4.69) is 13.8 Å². The van der Waals surface area contributed by atoms with E-state index >= 15 is 0 Å². The lowest BCUT2D eigenvalue weighted by Crippen LogP contribution is -2.31. The Hall–Kier alpha value is -0.0400. The molecule has 0 radical (unpaired) electrons. The van der Waals surface area contributed by atoms with Gasteiger partial charge in [0, 0.05) is 0 Å². The maximum atomic E-state index is 10.0. The van der Waals surface area contributed by atoms with Crippen LogP contribution in [0.4, 0.5) is 0 Å². The highest BCUT2D eigenvalue weighted by molar-refractivity contribution is 4.94. The van der Waals surface area contributed by atoms with E-state index in [4.69, 9.17) is 0 Å². The number of aliphatic hydroxyl groups excluding tert-OH is 1. The van der Waals surface area contributed by atoms with Gasteiger partial charge in [0.2, 0.25) is 0 Å². The molecule has 70 valence electrons. The van der Waals surface area contributed by atoms with Crippen LogP contribution in [0.5, 0.6) is 0 Å². The summed E-state index contributed by atoms with van der Waals surface area (Å²) in [5, 5.41) is 10.0. The van der Waals surface area contributed by atoms with Gasteiger partial charge in [0.15, 0.2) is 0 Å². The highest BCUT2D eigenvalue weighted by Gasteiger charge is 2.44. The molecule has 2 rings (SSSR count). The summed E-state index contributed by atoms with van der Waals surface area (Å²) in [6, 6.07) is 0. The van der Waals surface area contributed by atoms with Gasteiger partial charge in [0.25, 0.3) is 0 Å². The van der Waals surface area contributed by atoms with Crippen LogP contribution in [0.1, 0.15) is 46.0 Å².